The first-order chi connectivity index (χ1) is 12.0. The first-order valence-electron chi connectivity index (χ1n) is 8.79. The highest BCUT2D eigenvalue weighted by molar-refractivity contribution is 5.45. The monoisotopic (exact) mass is 374 g/mol. The van der Waals surface area contributed by atoms with Gasteiger partial charge in [0.05, 0.1) is 0 Å². The number of anilines is 2. The van der Waals surface area contributed by atoms with Crippen LogP contribution in [0.5, 0.6) is 0 Å². The molecule has 148 valence electrons. The molecular weight excluding hydrogens is 345 g/mol. The SMILES string of the molecule is CN1CCN(CCC(C)(C)Nc2nc(N(C)C)cc(C(F)(F)F)n2)CC1. The number of nitrogens with zero attached hydrogens (tertiary/aromatic N) is 5. The van der Waals surface area contributed by atoms with Gasteiger partial charge in [-0.1, -0.05) is 0 Å². The fraction of sp³-hybridized carbons (Fsp3) is 0.765. The van der Waals surface area contributed by atoms with Crippen molar-refractivity contribution in [2.75, 3.05) is 64.1 Å². The van der Waals surface area contributed by atoms with Crippen molar-refractivity contribution in [1.29, 1.82) is 0 Å². The van der Waals surface area contributed by atoms with Gasteiger partial charge in [-0.15, -0.1) is 0 Å². The average molecular weight is 374 g/mol. The predicted octanol–water partition coefficient (Wildman–Crippen LogP) is 2.39. The van der Waals surface area contributed by atoms with Gasteiger partial charge in [-0.3, -0.25) is 0 Å². The van der Waals surface area contributed by atoms with Crippen LogP contribution in [0, 0.1) is 0 Å². The van der Waals surface area contributed by atoms with Crippen LogP contribution in [0.25, 0.3) is 0 Å². The van der Waals surface area contributed by atoms with Gasteiger partial charge >= 0.3 is 6.18 Å². The second-order valence-corrected chi connectivity index (χ2v) is 7.73. The molecule has 0 radical (unpaired) electrons. The maximum absolute atomic E-state index is 13.1. The van der Waals surface area contributed by atoms with Gasteiger partial charge in [-0.05, 0) is 27.3 Å². The van der Waals surface area contributed by atoms with E-state index in [9.17, 15) is 13.2 Å². The minimum atomic E-state index is -4.51. The summed E-state index contributed by atoms with van der Waals surface area (Å²) < 4.78 is 39.4. The molecule has 0 unspecified atom stereocenters. The van der Waals surface area contributed by atoms with Crippen LogP contribution in [0.15, 0.2) is 6.07 Å². The normalized spacial score (nSPS) is 17.4. The molecule has 2 heterocycles. The molecule has 1 aromatic heterocycles. The second-order valence-electron chi connectivity index (χ2n) is 7.73. The fourth-order valence-electron chi connectivity index (χ4n) is 2.74. The third kappa shape index (κ3) is 5.98. The first kappa shape index (κ1) is 20.7. The summed E-state index contributed by atoms with van der Waals surface area (Å²) in [7, 11) is 5.42. The molecule has 0 bridgehead atoms. The molecule has 0 aromatic carbocycles. The molecule has 0 atom stereocenters. The summed E-state index contributed by atoms with van der Waals surface area (Å²) in [5.41, 5.74) is -1.36. The van der Waals surface area contributed by atoms with E-state index in [1.807, 2.05) is 13.8 Å². The van der Waals surface area contributed by atoms with Gasteiger partial charge in [-0.25, -0.2) is 4.98 Å². The van der Waals surface area contributed by atoms with Crippen LogP contribution in [-0.2, 0) is 6.18 Å². The molecule has 26 heavy (non-hydrogen) atoms. The first-order valence-corrected chi connectivity index (χ1v) is 8.79. The molecule has 1 fully saturated rings. The van der Waals surface area contributed by atoms with Crippen LogP contribution >= 0.6 is 0 Å². The number of halogens is 3. The van der Waals surface area contributed by atoms with Crippen LogP contribution in [0.2, 0.25) is 0 Å². The molecule has 0 saturated carbocycles. The van der Waals surface area contributed by atoms with Crippen molar-refractivity contribution in [2.24, 2.45) is 0 Å². The summed E-state index contributed by atoms with van der Waals surface area (Å²) in [4.78, 5) is 14.1. The van der Waals surface area contributed by atoms with Crippen molar-refractivity contribution < 1.29 is 13.2 Å². The zero-order valence-corrected chi connectivity index (χ0v) is 16.2. The highest BCUT2D eigenvalue weighted by Gasteiger charge is 2.34. The van der Waals surface area contributed by atoms with Gasteiger partial charge in [-0.2, -0.15) is 18.2 Å². The summed E-state index contributed by atoms with van der Waals surface area (Å²) in [5, 5.41) is 3.09. The van der Waals surface area contributed by atoms with E-state index in [4.69, 9.17) is 0 Å². The van der Waals surface area contributed by atoms with Gasteiger partial charge in [0.25, 0.3) is 0 Å². The van der Waals surface area contributed by atoms with Gasteiger partial charge in [0.15, 0.2) is 5.69 Å². The van der Waals surface area contributed by atoms with Crippen LogP contribution in [0.1, 0.15) is 26.0 Å². The number of alkyl halides is 3. The maximum atomic E-state index is 13.1. The molecule has 6 nitrogen and oxygen atoms in total. The lowest BCUT2D eigenvalue weighted by atomic mass is 10.0. The Labute approximate surface area is 153 Å². The number of hydrogen-bond acceptors (Lipinski definition) is 6. The number of hydrogen-bond donors (Lipinski definition) is 1. The Hall–Kier alpha value is -1.61. The minimum absolute atomic E-state index is 0.00639. The van der Waals surface area contributed by atoms with Gasteiger partial charge in [0.2, 0.25) is 5.95 Å². The quantitative estimate of drug-likeness (QED) is 0.825. The smallest absolute Gasteiger partial charge is 0.363 e. The van der Waals surface area contributed by atoms with Crippen LogP contribution in [0.3, 0.4) is 0 Å². The molecule has 1 saturated heterocycles. The lowest BCUT2D eigenvalue weighted by Gasteiger charge is -2.35. The van der Waals surface area contributed by atoms with E-state index in [-0.39, 0.29) is 11.8 Å². The topological polar surface area (TPSA) is 47.5 Å². The molecule has 0 spiro atoms. The van der Waals surface area contributed by atoms with Crippen molar-refractivity contribution in [3.8, 4) is 0 Å². The largest absolute Gasteiger partial charge is 0.433 e. The third-order valence-electron chi connectivity index (χ3n) is 4.56. The third-order valence-corrected chi connectivity index (χ3v) is 4.56. The zero-order chi connectivity index (χ0) is 19.5. The molecule has 1 aliphatic heterocycles. The van der Waals surface area contributed by atoms with Crippen LogP contribution < -0.4 is 10.2 Å². The van der Waals surface area contributed by atoms with E-state index < -0.39 is 17.4 Å². The van der Waals surface area contributed by atoms with Gasteiger partial charge < -0.3 is 20.0 Å². The molecule has 1 N–H and O–H groups in total. The summed E-state index contributed by atoms with van der Waals surface area (Å²) in [6.07, 6.45) is -3.72. The molecule has 2 rings (SSSR count). The highest BCUT2D eigenvalue weighted by atomic mass is 19.4. The maximum Gasteiger partial charge on any atom is 0.433 e. The molecule has 0 amide bonds. The van der Waals surface area contributed by atoms with Gasteiger partial charge in [0, 0.05) is 58.4 Å². The van der Waals surface area contributed by atoms with Crippen molar-refractivity contribution >= 4 is 11.8 Å². The number of nitrogens with one attached hydrogen (secondary N) is 1. The molecule has 0 aliphatic carbocycles. The number of piperazine rings is 1. The summed E-state index contributed by atoms with van der Waals surface area (Å²) in [5.74, 6) is 0.233. The lowest BCUT2D eigenvalue weighted by Crippen LogP contribution is -2.46. The summed E-state index contributed by atoms with van der Waals surface area (Å²) in [6.45, 7) is 8.90. The van der Waals surface area contributed by atoms with Crippen LogP contribution in [0.4, 0.5) is 24.9 Å². The van der Waals surface area contributed by atoms with E-state index in [2.05, 4.69) is 32.1 Å². The molecular formula is C17H29F3N6. The molecule has 1 aliphatic rings. The van der Waals surface area contributed by atoms with Crippen molar-refractivity contribution in [3.05, 3.63) is 11.8 Å². The Kier molecular flexibility index (Phi) is 6.33. The summed E-state index contributed by atoms with van der Waals surface area (Å²) in [6, 6.07) is 0.961. The Balaban J connectivity index is 2.06. The Morgan fingerprint density at radius 1 is 1.12 bits per heavy atom. The Morgan fingerprint density at radius 2 is 1.73 bits per heavy atom. The number of likely N-dealkylation sites (N-methyl/N-ethyl adjacent to an activating group) is 1. The van der Waals surface area contributed by atoms with E-state index in [1.165, 1.54) is 0 Å². The molecule has 9 heteroatoms. The van der Waals surface area contributed by atoms with Crippen molar-refractivity contribution in [1.82, 2.24) is 19.8 Å². The van der Waals surface area contributed by atoms with Crippen molar-refractivity contribution in [2.45, 2.75) is 32.0 Å². The fourth-order valence-corrected chi connectivity index (χ4v) is 2.74. The van der Waals surface area contributed by atoms with E-state index >= 15 is 0 Å². The minimum Gasteiger partial charge on any atom is -0.363 e. The zero-order valence-electron chi connectivity index (χ0n) is 16.2. The second kappa shape index (κ2) is 7.96. The Bertz CT molecular complexity index is 595. The van der Waals surface area contributed by atoms with E-state index in [0.717, 1.165) is 45.2 Å². The number of aromatic nitrogens is 2. The standard InChI is InChI=1S/C17H29F3N6/c1-16(2,6-7-26-10-8-25(5)9-11-26)23-15-21-13(17(18,19)20)12-14(22-15)24(3)4/h12H,6-11H2,1-5H3,(H,21,22,23). The lowest BCUT2D eigenvalue weighted by molar-refractivity contribution is -0.141. The van der Waals surface area contributed by atoms with Gasteiger partial charge in [0.1, 0.15) is 5.82 Å². The van der Waals surface area contributed by atoms with Crippen LogP contribution in [-0.4, -0.2) is 79.2 Å². The van der Waals surface area contributed by atoms with E-state index in [1.54, 1.807) is 19.0 Å². The molecule has 1 aromatic rings. The predicted molar refractivity (Wildman–Crippen MR) is 97.6 cm³/mol. The van der Waals surface area contributed by atoms with E-state index in [0.29, 0.717) is 0 Å². The highest BCUT2D eigenvalue weighted by Crippen LogP contribution is 2.31. The van der Waals surface area contributed by atoms with Crippen molar-refractivity contribution in [3.63, 3.8) is 0 Å². The average Bonchev–Trinajstić information content (AvgIpc) is 2.53. The summed E-state index contributed by atoms with van der Waals surface area (Å²) >= 11 is 0. The Morgan fingerprint density at radius 3 is 2.27 bits per heavy atom. The number of rotatable bonds is 6.